The number of oxime groups is 1. The minimum Gasteiger partial charge on any atom is -0.390 e. The molecule has 104 valence electrons. The van der Waals surface area contributed by atoms with E-state index in [1.54, 1.807) is 18.2 Å². The molecule has 0 heterocycles. The predicted octanol–water partition coefficient (Wildman–Crippen LogP) is 3.51. The fraction of sp³-hybridized carbons (Fsp3) is 0.133. The van der Waals surface area contributed by atoms with E-state index >= 15 is 0 Å². The van der Waals surface area contributed by atoms with Crippen LogP contribution in [0.5, 0.6) is 0 Å². The van der Waals surface area contributed by atoms with Crippen LogP contribution < -0.4 is 5.73 Å². The van der Waals surface area contributed by atoms with Gasteiger partial charge in [-0.3, -0.25) is 0 Å². The number of nitrogens with two attached hydrogens (primary N) is 1. The molecule has 2 rings (SSSR count). The lowest BCUT2D eigenvalue weighted by atomic mass is 10.1. The molecule has 0 atom stereocenters. The average molecular weight is 293 g/mol. The van der Waals surface area contributed by atoms with Crippen LogP contribution in [-0.4, -0.2) is 5.84 Å². The lowest BCUT2D eigenvalue weighted by molar-refractivity contribution is 0.129. The molecule has 0 saturated heterocycles. The largest absolute Gasteiger partial charge is 0.390 e. The second kappa shape index (κ2) is 6.91. The average Bonchev–Trinajstić information content (AvgIpc) is 2.41. The molecule has 3 nitrogen and oxygen atoms in total. The number of rotatable bonds is 5. The molecule has 5 heteroatoms. The Balaban J connectivity index is 1.90. The second-order valence-corrected chi connectivity index (χ2v) is 4.66. The van der Waals surface area contributed by atoms with E-state index in [2.05, 4.69) is 5.16 Å². The van der Waals surface area contributed by atoms with Crippen molar-refractivity contribution in [3.05, 3.63) is 70.5 Å². The highest BCUT2D eigenvalue weighted by atomic mass is 35.5. The number of nitrogens with zero attached hydrogens (tertiary/aromatic N) is 1. The molecule has 0 fully saturated rings. The summed E-state index contributed by atoms with van der Waals surface area (Å²) in [6, 6.07) is 13.5. The Morgan fingerprint density at radius 3 is 2.75 bits per heavy atom. The Bertz CT molecular complexity index is 616. The van der Waals surface area contributed by atoms with Crippen molar-refractivity contribution in [1.82, 2.24) is 0 Å². The summed E-state index contributed by atoms with van der Waals surface area (Å²) >= 11 is 6.02. The number of halogens is 2. The maximum Gasteiger partial charge on any atom is 0.143 e. The molecule has 0 aliphatic heterocycles. The summed E-state index contributed by atoms with van der Waals surface area (Å²) in [6.45, 7) is 0.168. The van der Waals surface area contributed by atoms with Crippen molar-refractivity contribution in [3.8, 4) is 0 Å². The van der Waals surface area contributed by atoms with Crippen molar-refractivity contribution in [3.63, 3.8) is 0 Å². The summed E-state index contributed by atoms with van der Waals surface area (Å²) in [7, 11) is 0. The Morgan fingerprint density at radius 1 is 1.20 bits per heavy atom. The number of hydrogen-bond acceptors (Lipinski definition) is 2. The van der Waals surface area contributed by atoms with Crippen molar-refractivity contribution in [2.45, 2.75) is 13.0 Å². The number of benzene rings is 2. The van der Waals surface area contributed by atoms with Crippen molar-refractivity contribution in [2.24, 2.45) is 10.9 Å². The smallest absolute Gasteiger partial charge is 0.143 e. The Kier molecular flexibility index (Phi) is 4.96. The Labute approximate surface area is 121 Å². The third-order valence-corrected chi connectivity index (χ3v) is 3.00. The van der Waals surface area contributed by atoms with Crippen molar-refractivity contribution in [1.29, 1.82) is 0 Å². The topological polar surface area (TPSA) is 47.6 Å². The molecule has 0 spiro atoms. The first-order valence-electron chi connectivity index (χ1n) is 6.07. The highest BCUT2D eigenvalue weighted by Crippen LogP contribution is 2.15. The minimum absolute atomic E-state index is 0.168. The maximum atomic E-state index is 13.0. The van der Waals surface area contributed by atoms with Gasteiger partial charge in [0.15, 0.2) is 0 Å². The van der Waals surface area contributed by atoms with Crippen molar-refractivity contribution in [2.75, 3.05) is 0 Å². The van der Waals surface area contributed by atoms with Gasteiger partial charge >= 0.3 is 0 Å². The molecule has 0 radical (unpaired) electrons. The fourth-order valence-electron chi connectivity index (χ4n) is 1.69. The number of hydrogen-bond donors (Lipinski definition) is 1. The molecule has 0 aromatic heterocycles. The summed E-state index contributed by atoms with van der Waals surface area (Å²) in [5, 5.41) is 4.43. The lowest BCUT2D eigenvalue weighted by Gasteiger charge is -2.04. The van der Waals surface area contributed by atoms with Crippen LogP contribution in [0.15, 0.2) is 53.7 Å². The van der Waals surface area contributed by atoms with Gasteiger partial charge in [-0.15, -0.1) is 0 Å². The van der Waals surface area contributed by atoms with Crippen molar-refractivity contribution >= 4 is 17.4 Å². The fourth-order valence-corrected chi connectivity index (χ4v) is 1.89. The van der Waals surface area contributed by atoms with Crippen LogP contribution in [0.1, 0.15) is 11.1 Å². The second-order valence-electron chi connectivity index (χ2n) is 4.25. The first-order valence-corrected chi connectivity index (χ1v) is 6.45. The first-order chi connectivity index (χ1) is 9.65. The molecule has 2 aromatic rings. The molecular weight excluding hydrogens is 279 g/mol. The van der Waals surface area contributed by atoms with E-state index in [1.165, 1.54) is 12.1 Å². The van der Waals surface area contributed by atoms with E-state index in [-0.39, 0.29) is 12.4 Å². The zero-order valence-electron chi connectivity index (χ0n) is 10.7. The van der Waals surface area contributed by atoms with Crippen LogP contribution in [0.2, 0.25) is 5.02 Å². The Hall–Kier alpha value is -2.07. The molecular formula is C15H14ClFN2O. The van der Waals surface area contributed by atoms with Gasteiger partial charge in [-0.25, -0.2) is 4.39 Å². The molecule has 0 bridgehead atoms. The standard InChI is InChI=1S/C15H14ClFN2O/c16-14-7-2-1-5-12(14)9-15(18)19-20-10-11-4-3-6-13(17)8-11/h1-8H,9-10H2,(H2,18,19). The van der Waals surface area contributed by atoms with Gasteiger partial charge < -0.3 is 10.6 Å². The zero-order chi connectivity index (χ0) is 14.4. The van der Waals surface area contributed by atoms with Crippen molar-refractivity contribution < 1.29 is 9.23 Å². The van der Waals surface area contributed by atoms with Gasteiger partial charge in [-0.2, -0.15) is 0 Å². The minimum atomic E-state index is -0.306. The van der Waals surface area contributed by atoms with Gasteiger partial charge in [0.1, 0.15) is 18.3 Å². The predicted molar refractivity (Wildman–Crippen MR) is 78.0 cm³/mol. The monoisotopic (exact) mass is 292 g/mol. The molecule has 2 aromatic carbocycles. The molecule has 0 unspecified atom stereocenters. The van der Waals surface area contributed by atoms with E-state index in [9.17, 15) is 4.39 Å². The molecule has 2 N–H and O–H groups in total. The van der Waals surface area contributed by atoms with Gasteiger partial charge in [-0.05, 0) is 29.3 Å². The van der Waals surface area contributed by atoms with E-state index in [0.717, 1.165) is 5.56 Å². The van der Waals surface area contributed by atoms with Crippen LogP contribution in [0, 0.1) is 5.82 Å². The first kappa shape index (κ1) is 14.3. The van der Waals surface area contributed by atoms with Crippen LogP contribution in [-0.2, 0) is 17.9 Å². The van der Waals surface area contributed by atoms with Gasteiger partial charge in [0.05, 0.1) is 0 Å². The summed E-state index contributed by atoms with van der Waals surface area (Å²) in [6.07, 6.45) is 0.406. The van der Waals surface area contributed by atoms with Crippen LogP contribution in [0.4, 0.5) is 4.39 Å². The summed E-state index contributed by atoms with van der Waals surface area (Å²) in [4.78, 5) is 5.10. The lowest BCUT2D eigenvalue weighted by Crippen LogP contribution is -2.15. The third kappa shape index (κ3) is 4.24. The van der Waals surface area contributed by atoms with E-state index in [1.807, 2.05) is 18.2 Å². The highest BCUT2D eigenvalue weighted by Gasteiger charge is 2.02. The Morgan fingerprint density at radius 2 is 2.00 bits per heavy atom. The summed E-state index contributed by atoms with van der Waals surface area (Å²) in [5.41, 5.74) is 7.33. The zero-order valence-corrected chi connectivity index (χ0v) is 11.5. The molecule has 20 heavy (non-hydrogen) atoms. The molecule has 0 aliphatic carbocycles. The third-order valence-electron chi connectivity index (χ3n) is 2.63. The quantitative estimate of drug-likeness (QED) is 0.521. The van der Waals surface area contributed by atoms with Gasteiger partial charge in [0.2, 0.25) is 0 Å². The van der Waals surface area contributed by atoms with E-state index in [0.29, 0.717) is 22.8 Å². The van der Waals surface area contributed by atoms with E-state index < -0.39 is 0 Å². The normalized spacial score (nSPS) is 11.4. The van der Waals surface area contributed by atoms with Crippen LogP contribution in [0.3, 0.4) is 0 Å². The molecule has 0 saturated carbocycles. The van der Waals surface area contributed by atoms with Crippen LogP contribution >= 0.6 is 11.6 Å². The number of amidine groups is 1. The summed E-state index contributed by atoms with van der Waals surface area (Å²) < 4.78 is 13.0. The SMILES string of the molecule is N/C(Cc1ccccc1Cl)=N\OCc1cccc(F)c1. The van der Waals surface area contributed by atoms with Gasteiger partial charge in [0.25, 0.3) is 0 Å². The highest BCUT2D eigenvalue weighted by molar-refractivity contribution is 6.31. The maximum absolute atomic E-state index is 13.0. The molecule has 0 amide bonds. The molecule has 0 aliphatic rings. The van der Waals surface area contributed by atoms with E-state index in [4.69, 9.17) is 22.2 Å². The van der Waals surface area contributed by atoms with Gasteiger partial charge in [0, 0.05) is 11.4 Å². The van der Waals surface area contributed by atoms with Crippen LogP contribution in [0.25, 0.3) is 0 Å². The van der Waals surface area contributed by atoms with Gasteiger partial charge in [-0.1, -0.05) is 47.1 Å². The summed E-state index contributed by atoms with van der Waals surface area (Å²) in [5.74, 6) is 0.00798.